The molecule has 0 spiro atoms. The van der Waals surface area contributed by atoms with Crippen LogP contribution in [0.5, 0.6) is 0 Å². The highest BCUT2D eigenvalue weighted by atomic mass is 16.5. The topological polar surface area (TPSA) is 49.8 Å². The highest BCUT2D eigenvalue weighted by molar-refractivity contribution is 5.76. The molecule has 0 atom stereocenters. The average molecular weight is 201 g/mol. The smallest absolute Gasteiger partial charge is 0.224 e. The van der Waals surface area contributed by atoms with Crippen molar-refractivity contribution in [2.45, 2.75) is 32.3 Å². The first-order valence-corrected chi connectivity index (χ1v) is 5.27. The molecule has 0 aromatic rings. The quantitative estimate of drug-likeness (QED) is 0.670. The number of carbonyl (C=O) groups excluding carboxylic acids is 1. The molecule has 1 saturated heterocycles. The molecular weight excluding hydrogens is 182 g/mol. The van der Waals surface area contributed by atoms with Crippen LogP contribution in [0.2, 0.25) is 0 Å². The number of rotatable bonds is 4. The first kappa shape index (κ1) is 11.5. The van der Waals surface area contributed by atoms with Gasteiger partial charge in [-0.2, -0.15) is 0 Å². The summed E-state index contributed by atoms with van der Waals surface area (Å²) in [5.74, 6) is 0.144. The lowest BCUT2D eigenvalue weighted by molar-refractivity contribution is -0.134. The number of aliphatic hydroxyl groups excluding tert-OH is 1. The predicted molar refractivity (Wildman–Crippen MR) is 52.9 cm³/mol. The number of amides is 1. The lowest BCUT2D eigenvalue weighted by Crippen LogP contribution is -2.40. The summed E-state index contributed by atoms with van der Waals surface area (Å²) < 4.78 is 5.12. The number of carbonyl (C=O) groups is 1. The minimum atomic E-state index is -0.217. The highest BCUT2D eigenvalue weighted by Crippen LogP contribution is 2.10. The van der Waals surface area contributed by atoms with Gasteiger partial charge in [-0.3, -0.25) is 4.79 Å². The lowest BCUT2D eigenvalue weighted by Gasteiger charge is -2.29. The van der Waals surface area contributed by atoms with Gasteiger partial charge in [-0.1, -0.05) is 0 Å². The van der Waals surface area contributed by atoms with Crippen molar-refractivity contribution < 1.29 is 14.6 Å². The molecule has 0 radical (unpaired) electrons. The van der Waals surface area contributed by atoms with Crippen LogP contribution in [-0.2, 0) is 9.53 Å². The molecular formula is C10H19NO3. The number of ether oxygens (including phenoxy) is 1. The Kier molecular flexibility index (Phi) is 4.90. The fourth-order valence-corrected chi connectivity index (χ4v) is 1.58. The van der Waals surface area contributed by atoms with Crippen LogP contribution >= 0.6 is 0 Å². The Hall–Kier alpha value is -0.610. The van der Waals surface area contributed by atoms with Crippen molar-refractivity contribution in [1.29, 1.82) is 0 Å². The van der Waals surface area contributed by atoms with Crippen molar-refractivity contribution in [1.82, 2.24) is 4.90 Å². The zero-order valence-corrected chi connectivity index (χ0v) is 8.74. The maximum absolute atomic E-state index is 11.5. The molecule has 1 N–H and O–H groups in total. The molecule has 1 aliphatic rings. The third-order valence-electron chi connectivity index (χ3n) is 2.48. The molecule has 1 fully saturated rings. The van der Waals surface area contributed by atoms with Gasteiger partial charge in [-0.15, -0.1) is 0 Å². The van der Waals surface area contributed by atoms with E-state index in [-0.39, 0.29) is 12.0 Å². The summed E-state index contributed by atoms with van der Waals surface area (Å²) in [5.41, 5.74) is 0. The van der Waals surface area contributed by atoms with E-state index in [9.17, 15) is 9.90 Å². The molecule has 4 nitrogen and oxygen atoms in total. The minimum Gasteiger partial charge on any atom is -0.393 e. The number of hydrogen-bond acceptors (Lipinski definition) is 3. The Balaban J connectivity index is 2.17. The second-order valence-corrected chi connectivity index (χ2v) is 3.56. The molecule has 1 rings (SSSR count). The summed E-state index contributed by atoms with van der Waals surface area (Å²) in [6.07, 6.45) is 1.66. The van der Waals surface area contributed by atoms with Crippen LogP contribution in [0, 0.1) is 0 Å². The standard InChI is InChI=1S/C10H19NO3/c1-2-14-8-5-10(13)11-6-3-9(12)4-7-11/h9,12H,2-8H2,1H3. The summed E-state index contributed by atoms with van der Waals surface area (Å²) in [6.45, 7) is 4.46. The third kappa shape index (κ3) is 3.64. The van der Waals surface area contributed by atoms with Crippen LogP contribution < -0.4 is 0 Å². The summed E-state index contributed by atoms with van der Waals surface area (Å²) >= 11 is 0. The maximum atomic E-state index is 11.5. The Bertz CT molecular complexity index is 176. The molecule has 1 aliphatic heterocycles. The number of hydrogen-bond donors (Lipinski definition) is 1. The van der Waals surface area contributed by atoms with Crippen LogP contribution in [-0.4, -0.2) is 48.3 Å². The van der Waals surface area contributed by atoms with Gasteiger partial charge < -0.3 is 14.7 Å². The van der Waals surface area contributed by atoms with Gasteiger partial charge in [0.2, 0.25) is 5.91 Å². The zero-order valence-electron chi connectivity index (χ0n) is 8.74. The largest absolute Gasteiger partial charge is 0.393 e. The van der Waals surface area contributed by atoms with Gasteiger partial charge in [0.1, 0.15) is 0 Å². The molecule has 0 aromatic heterocycles. The van der Waals surface area contributed by atoms with Gasteiger partial charge in [-0.25, -0.2) is 0 Å². The molecule has 0 unspecified atom stereocenters. The fraction of sp³-hybridized carbons (Fsp3) is 0.900. The van der Waals surface area contributed by atoms with E-state index in [2.05, 4.69) is 0 Å². The molecule has 82 valence electrons. The molecule has 0 bridgehead atoms. The average Bonchev–Trinajstić information content (AvgIpc) is 2.19. The Morgan fingerprint density at radius 3 is 2.71 bits per heavy atom. The van der Waals surface area contributed by atoms with E-state index < -0.39 is 0 Å². The van der Waals surface area contributed by atoms with Crippen molar-refractivity contribution >= 4 is 5.91 Å². The van der Waals surface area contributed by atoms with E-state index in [1.165, 1.54) is 0 Å². The molecule has 14 heavy (non-hydrogen) atoms. The number of nitrogens with zero attached hydrogens (tertiary/aromatic N) is 1. The third-order valence-corrected chi connectivity index (χ3v) is 2.48. The summed E-state index contributed by atoms with van der Waals surface area (Å²) in [4.78, 5) is 13.4. The highest BCUT2D eigenvalue weighted by Gasteiger charge is 2.20. The van der Waals surface area contributed by atoms with Crippen LogP contribution in [0.15, 0.2) is 0 Å². The van der Waals surface area contributed by atoms with Crippen LogP contribution in [0.4, 0.5) is 0 Å². The van der Waals surface area contributed by atoms with E-state index >= 15 is 0 Å². The first-order valence-electron chi connectivity index (χ1n) is 5.27. The van der Waals surface area contributed by atoms with Gasteiger partial charge in [0.15, 0.2) is 0 Å². The lowest BCUT2D eigenvalue weighted by atomic mass is 10.1. The Morgan fingerprint density at radius 2 is 2.14 bits per heavy atom. The SMILES string of the molecule is CCOCCC(=O)N1CCC(O)CC1. The molecule has 4 heteroatoms. The normalized spacial score (nSPS) is 18.6. The Morgan fingerprint density at radius 1 is 1.50 bits per heavy atom. The first-order chi connectivity index (χ1) is 6.74. The fourth-order valence-electron chi connectivity index (χ4n) is 1.58. The second-order valence-electron chi connectivity index (χ2n) is 3.56. The monoisotopic (exact) mass is 201 g/mol. The van der Waals surface area contributed by atoms with Crippen molar-refractivity contribution in [2.75, 3.05) is 26.3 Å². The van der Waals surface area contributed by atoms with E-state index in [0.29, 0.717) is 45.6 Å². The van der Waals surface area contributed by atoms with Crippen molar-refractivity contribution in [3.05, 3.63) is 0 Å². The predicted octanol–water partition coefficient (Wildman–Crippen LogP) is 0.396. The van der Waals surface area contributed by atoms with Crippen LogP contribution in [0.25, 0.3) is 0 Å². The summed E-state index contributed by atoms with van der Waals surface area (Å²) in [5, 5.41) is 9.26. The molecule has 0 saturated carbocycles. The molecule has 0 aliphatic carbocycles. The van der Waals surface area contributed by atoms with Crippen molar-refractivity contribution in [3.63, 3.8) is 0 Å². The van der Waals surface area contributed by atoms with Gasteiger partial charge in [-0.05, 0) is 19.8 Å². The van der Waals surface area contributed by atoms with E-state index in [1.807, 2.05) is 11.8 Å². The van der Waals surface area contributed by atoms with E-state index in [0.717, 1.165) is 0 Å². The van der Waals surface area contributed by atoms with Crippen LogP contribution in [0.3, 0.4) is 0 Å². The minimum absolute atomic E-state index is 0.144. The van der Waals surface area contributed by atoms with Crippen molar-refractivity contribution in [3.8, 4) is 0 Å². The van der Waals surface area contributed by atoms with Gasteiger partial charge >= 0.3 is 0 Å². The summed E-state index contributed by atoms with van der Waals surface area (Å²) in [7, 11) is 0. The van der Waals surface area contributed by atoms with Gasteiger partial charge in [0.25, 0.3) is 0 Å². The molecule has 1 amide bonds. The second kappa shape index (κ2) is 5.98. The van der Waals surface area contributed by atoms with Gasteiger partial charge in [0.05, 0.1) is 19.1 Å². The van der Waals surface area contributed by atoms with Crippen LogP contribution in [0.1, 0.15) is 26.2 Å². The van der Waals surface area contributed by atoms with E-state index in [1.54, 1.807) is 0 Å². The van der Waals surface area contributed by atoms with Gasteiger partial charge in [0, 0.05) is 19.7 Å². The number of piperidine rings is 1. The number of aliphatic hydroxyl groups is 1. The zero-order chi connectivity index (χ0) is 10.4. The Labute approximate surface area is 84.8 Å². The molecule has 1 heterocycles. The maximum Gasteiger partial charge on any atom is 0.224 e. The summed E-state index contributed by atoms with van der Waals surface area (Å²) in [6, 6.07) is 0. The van der Waals surface area contributed by atoms with Crippen molar-refractivity contribution in [2.24, 2.45) is 0 Å². The van der Waals surface area contributed by atoms with E-state index in [4.69, 9.17) is 4.74 Å². The number of likely N-dealkylation sites (tertiary alicyclic amines) is 1. The molecule has 0 aromatic carbocycles.